The summed E-state index contributed by atoms with van der Waals surface area (Å²) in [4.78, 5) is 19.4. The average Bonchev–Trinajstić information content (AvgIpc) is 2.30. The lowest BCUT2D eigenvalue weighted by molar-refractivity contribution is -0.117. The zero-order valence-corrected chi connectivity index (χ0v) is 10.2. The van der Waals surface area contributed by atoms with Crippen LogP contribution >= 0.6 is 11.6 Å². The van der Waals surface area contributed by atoms with Crippen molar-refractivity contribution < 1.29 is 4.79 Å². The molecular formula is C11H15ClN4O. The van der Waals surface area contributed by atoms with E-state index in [2.05, 4.69) is 20.6 Å². The van der Waals surface area contributed by atoms with E-state index in [1.54, 1.807) is 6.07 Å². The van der Waals surface area contributed by atoms with Crippen LogP contribution in [0.3, 0.4) is 0 Å². The van der Waals surface area contributed by atoms with Crippen molar-refractivity contribution in [3.8, 4) is 0 Å². The maximum absolute atomic E-state index is 11.8. The summed E-state index contributed by atoms with van der Waals surface area (Å²) in [6.07, 6.45) is 4.18. The molecular weight excluding hydrogens is 240 g/mol. The van der Waals surface area contributed by atoms with Crippen molar-refractivity contribution in [3.63, 3.8) is 0 Å². The highest BCUT2D eigenvalue weighted by Gasteiger charge is 2.16. The Morgan fingerprint density at radius 3 is 3.00 bits per heavy atom. The lowest BCUT2D eigenvalue weighted by Crippen LogP contribution is -2.30. The van der Waals surface area contributed by atoms with Gasteiger partial charge in [0.25, 0.3) is 0 Å². The molecule has 1 aliphatic heterocycles. The second kappa shape index (κ2) is 5.93. The number of hydrogen-bond acceptors (Lipinski definition) is 4. The molecule has 0 unspecified atom stereocenters. The van der Waals surface area contributed by atoms with Gasteiger partial charge in [-0.2, -0.15) is 0 Å². The normalized spacial score (nSPS) is 16.8. The van der Waals surface area contributed by atoms with E-state index in [1.807, 2.05) is 0 Å². The van der Waals surface area contributed by atoms with Crippen molar-refractivity contribution in [2.45, 2.75) is 19.3 Å². The molecule has 5 nitrogen and oxygen atoms in total. The quantitative estimate of drug-likeness (QED) is 0.802. The third-order valence-electron chi connectivity index (χ3n) is 2.83. The summed E-state index contributed by atoms with van der Waals surface area (Å²) in [7, 11) is 0. The molecule has 1 aliphatic rings. The molecule has 0 spiro atoms. The van der Waals surface area contributed by atoms with E-state index in [-0.39, 0.29) is 11.2 Å². The first-order valence-electron chi connectivity index (χ1n) is 5.73. The molecule has 0 bridgehead atoms. The van der Waals surface area contributed by atoms with Gasteiger partial charge in [-0.05, 0) is 49.5 Å². The standard InChI is InChI=1S/C11H15ClN4O/c12-11-14-6-3-9(16-11)15-10(17)7-8-1-4-13-5-2-8/h3,6,8,13H,1-2,4-5,7H2,(H,14,15,16,17). The van der Waals surface area contributed by atoms with Crippen LogP contribution in [0.15, 0.2) is 12.3 Å². The van der Waals surface area contributed by atoms with Crippen LogP contribution < -0.4 is 10.6 Å². The number of aromatic nitrogens is 2. The Kier molecular flexibility index (Phi) is 4.28. The Morgan fingerprint density at radius 1 is 1.53 bits per heavy atom. The van der Waals surface area contributed by atoms with Gasteiger partial charge in [-0.25, -0.2) is 9.97 Å². The average molecular weight is 255 g/mol. The summed E-state index contributed by atoms with van der Waals surface area (Å²) in [6.45, 7) is 1.99. The summed E-state index contributed by atoms with van der Waals surface area (Å²) in [5.74, 6) is 0.921. The zero-order chi connectivity index (χ0) is 12.1. The van der Waals surface area contributed by atoms with E-state index in [1.165, 1.54) is 6.20 Å². The van der Waals surface area contributed by atoms with Gasteiger partial charge in [0.1, 0.15) is 5.82 Å². The molecule has 0 atom stereocenters. The molecule has 1 aromatic heterocycles. The van der Waals surface area contributed by atoms with E-state index < -0.39 is 0 Å². The lowest BCUT2D eigenvalue weighted by Gasteiger charge is -2.21. The maximum Gasteiger partial charge on any atom is 0.225 e. The molecule has 0 saturated carbocycles. The third-order valence-corrected chi connectivity index (χ3v) is 3.01. The number of hydrogen-bond donors (Lipinski definition) is 2. The van der Waals surface area contributed by atoms with Gasteiger partial charge in [0.05, 0.1) is 0 Å². The number of nitrogens with one attached hydrogen (secondary N) is 2. The predicted molar refractivity (Wildman–Crippen MR) is 65.9 cm³/mol. The first-order chi connectivity index (χ1) is 8.24. The van der Waals surface area contributed by atoms with Gasteiger partial charge in [-0.1, -0.05) is 0 Å². The lowest BCUT2D eigenvalue weighted by atomic mass is 9.94. The van der Waals surface area contributed by atoms with Crippen LogP contribution in [-0.2, 0) is 4.79 Å². The Bertz CT molecular complexity index is 393. The van der Waals surface area contributed by atoms with Gasteiger partial charge in [-0.15, -0.1) is 0 Å². The monoisotopic (exact) mass is 254 g/mol. The fraction of sp³-hybridized carbons (Fsp3) is 0.545. The first kappa shape index (κ1) is 12.3. The summed E-state index contributed by atoms with van der Waals surface area (Å²) >= 11 is 5.64. The Hall–Kier alpha value is -1.20. The molecule has 1 aromatic rings. The first-order valence-corrected chi connectivity index (χ1v) is 6.11. The highest BCUT2D eigenvalue weighted by atomic mass is 35.5. The Balaban J connectivity index is 1.84. The topological polar surface area (TPSA) is 66.9 Å². The minimum Gasteiger partial charge on any atom is -0.317 e. The summed E-state index contributed by atoms with van der Waals surface area (Å²) in [5.41, 5.74) is 0. The molecule has 92 valence electrons. The smallest absolute Gasteiger partial charge is 0.225 e. The van der Waals surface area contributed by atoms with Gasteiger partial charge in [0, 0.05) is 12.6 Å². The molecule has 0 radical (unpaired) electrons. The number of anilines is 1. The van der Waals surface area contributed by atoms with E-state index in [4.69, 9.17) is 11.6 Å². The minimum absolute atomic E-state index is 0.00772. The highest BCUT2D eigenvalue weighted by molar-refractivity contribution is 6.28. The number of nitrogens with zero attached hydrogens (tertiary/aromatic N) is 2. The van der Waals surface area contributed by atoms with Crippen molar-refractivity contribution in [2.24, 2.45) is 5.92 Å². The molecule has 1 amide bonds. The highest BCUT2D eigenvalue weighted by Crippen LogP contribution is 2.16. The third kappa shape index (κ3) is 3.94. The van der Waals surface area contributed by atoms with Crippen LogP contribution in [0.4, 0.5) is 5.82 Å². The minimum atomic E-state index is -0.00772. The molecule has 2 heterocycles. The molecule has 0 aromatic carbocycles. The largest absolute Gasteiger partial charge is 0.317 e. The number of halogens is 1. The van der Waals surface area contributed by atoms with E-state index in [0.29, 0.717) is 18.2 Å². The van der Waals surface area contributed by atoms with Crippen molar-refractivity contribution >= 4 is 23.3 Å². The summed E-state index contributed by atoms with van der Waals surface area (Å²) in [5, 5.41) is 6.15. The molecule has 1 fully saturated rings. The second-order valence-electron chi connectivity index (χ2n) is 4.16. The SMILES string of the molecule is O=C(CC1CCNCC1)Nc1ccnc(Cl)n1. The summed E-state index contributed by atoms with van der Waals surface area (Å²) < 4.78 is 0. The molecule has 2 rings (SSSR count). The molecule has 1 saturated heterocycles. The van der Waals surface area contributed by atoms with Crippen molar-refractivity contribution in [2.75, 3.05) is 18.4 Å². The zero-order valence-electron chi connectivity index (χ0n) is 9.45. The Morgan fingerprint density at radius 2 is 2.29 bits per heavy atom. The van der Waals surface area contributed by atoms with Gasteiger partial charge in [0.15, 0.2) is 0 Å². The fourth-order valence-electron chi connectivity index (χ4n) is 1.95. The second-order valence-corrected chi connectivity index (χ2v) is 4.49. The van der Waals surface area contributed by atoms with Crippen LogP contribution in [0.1, 0.15) is 19.3 Å². The van der Waals surface area contributed by atoms with Crippen LogP contribution in [0.5, 0.6) is 0 Å². The number of rotatable bonds is 3. The fourth-order valence-corrected chi connectivity index (χ4v) is 2.09. The van der Waals surface area contributed by atoms with E-state index in [9.17, 15) is 4.79 Å². The van der Waals surface area contributed by atoms with Crippen LogP contribution in [0.25, 0.3) is 0 Å². The van der Waals surface area contributed by atoms with Gasteiger partial charge >= 0.3 is 0 Å². The number of carbonyl (C=O) groups excluding carboxylic acids is 1. The van der Waals surface area contributed by atoms with Crippen molar-refractivity contribution in [3.05, 3.63) is 17.5 Å². The van der Waals surface area contributed by atoms with E-state index >= 15 is 0 Å². The summed E-state index contributed by atoms with van der Waals surface area (Å²) in [6, 6.07) is 1.63. The molecule has 2 N–H and O–H groups in total. The number of carbonyl (C=O) groups is 1. The maximum atomic E-state index is 11.8. The predicted octanol–water partition coefficient (Wildman–Crippen LogP) is 1.46. The van der Waals surface area contributed by atoms with Gasteiger partial charge in [-0.3, -0.25) is 4.79 Å². The van der Waals surface area contributed by atoms with Crippen LogP contribution in [-0.4, -0.2) is 29.0 Å². The van der Waals surface area contributed by atoms with Crippen molar-refractivity contribution in [1.82, 2.24) is 15.3 Å². The van der Waals surface area contributed by atoms with Crippen LogP contribution in [0, 0.1) is 5.92 Å². The number of amides is 1. The van der Waals surface area contributed by atoms with Crippen molar-refractivity contribution in [1.29, 1.82) is 0 Å². The van der Waals surface area contributed by atoms with Gasteiger partial charge < -0.3 is 10.6 Å². The van der Waals surface area contributed by atoms with Gasteiger partial charge in [0.2, 0.25) is 11.2 Å². The molecule has 0 aliphatic carbocycles. The van der Waals surface area contributed by atoms with Crippen LogP contribution in [0.2, 0.25) is 5.28 Å². The Labute approximate surface area is 105 Å². The van der Waals surface area contributed by atoms with E-state index in [0.717, 1.165) is 25.9 Å². The molecule has 17 heavy (non-hydrogen) atoms. The molecule has 6 heteroatoms. The number of piperidine rings is 1.